The molecule has 7 aliphatic carbocycles. The second kappa shape index (κ2) is 10.9. The van der Waals surface area contributed by atoms with Crippen LogP contribution in [-0.4, -0.2) is 105 Å². The lowest BCUT2D eigenvalue weighted by Crippen LogP contribution is -2.68. The first-order valence-corrected chi connectivity index (χ1v) is 19.4. The van der Waals surface area contributed by atoms with Gasteiger partial charge in [0.15, 0.2) is 5.60 Å². The Hall–Kier alpha value is -4.67. The van der Waals surface area contributed by atoms with Gasteiger partial charge in [0.1, 0.15) is 25.4 Å². The zero-order valence-electron chi connectivity index (χ0n) is 31.9. The maximum atomic E-state index is 14.6. The van der Waals surface area contributed by atoms with Crippen molar-refractivity contribution < 1.29 is 77.3 Å². The lowest BCUT2D eigenvalue weighted by molar-refractivity contribution is -0.202. The van der Waals surface area contributed by atoms with E-state index in [1.807, 2.05) is 6.92 Å². The number of aliphatic hydroxyl groups is 3. The fourth-order valence-corrected chi connectivity index (χ4v) is 13.2. The molecule has 302 valence electrons. The van der Waals surface area contributed by atoms with Crippen molar-refractivity contribution in [2.45, 2.75) is 95.4 Å². The molecular formula is C41H42O16. The summed E-state index contributed by atoms with van der Waals surface area (Å²) in [5.41, 5.74) is -7.21. The maximum Gasteiger partial charge on any atom is 0.348 e. The number of hydrogen-bond acceptors (Lipinski definition) is 16. The zero-order chi connectivity index (χ0) is 40.7. The quantitative estimate of drug-likeness (QED) is 0.245. The largest absolute Gasteiger partial charge is 0.460 e. The molecule has 2 bridgehead atoms. The summed E-state index contributed by atoms with van der Waals surface area (Å²) in [7, 11) is 0. The molecular weight excluding hydrogens is 748 g/mol. The van der Waals surface area contributed by atoms with Gasteiger partial charge >= 0.3 is 35.8 Å². The van der Waals surface area contributed by atoms with E-state index in [-0.39, 0.29) is 63.7 Å². The molecule has 1 spiro atoms. The van der Waals surface area contributed by atoms with E-state index >= 15 is 0 Å². The molecule has 0 aromatic heterocycles. The molecule has 5 saturated carbocycles. The molecule has 10 rings (SSSR count). The molecule has 0 unspecified atom stereocenters. The Bertz CT molecular complexity index is 2230. The number of cyclic esters (lactones) is 3. The first-order chi connectivity index (χ1) is 26.7. The second-order valence-corrected chi connectivity index (χ2v) is 18.1. The molecule has 5 fully saturated rings. The van der Waals surface area contributed by atoms with Crippen LogP contribution in [0.4, 0.5) is 0 Å². The normalized spacial score (nSPS) is 47.9. The number of ketones is 1. The number of hydrogen-bond donors (Lipinski definition) is 3. The molecule has 0 radical (unpaired) electrons. The van der Waals surface area contributed by atoms with Crippen LogP contribution < -0.4 is 0 Å². The van der Waals surface area contributed by atoms with Crippen molar-refractivity contribution in [3.63, 3.8) is 0 Å². The number of rotatable bonds is 1. The summed E-state index contributed by atoms with van der Waals surface area (Å²) in [4.78, 5) is 94.0. The van der Waals surface area contributed by atoms with Gasteiger partial charge in [0.25, 0.3) is 5.79 Å². The highest BCUT2D eigenvalue weighted by molar-refractivity contribution is 6.10. The minimum absolute atomic E-state index is 0.000607. The molecule has 0 amide bonds. The van der Waals surface area contributed by atoms with Gasteiger partial charge in [-0.25, -0.2) is 19.2 Å². The second-order valence-electron chi connectivity index (χ2n) is 18.1. The smallest absolute Gasteiger partial charge is 0.348 e. The summed E-state index contributed by atoms with van der Waals surface area (Å²) in [6.45, 7) is 5.93. The van der Waals surface area contributed by atoms with Crippen LogP contribution in [0.3, 0.4) is 0 Å². The minimum atomic E-state index is -2.75. The molecule has 10 aliphatic rings. The third-order valence-corrected chi connectivity index (χ3v) is 15.7. The SMILES string of the molecule is CC(=O)O[C@H]1CC(=O)OCC2=C3C[C@H]4[C@](O)(COC(=O)C(C)=CCOC1=O)[C@H]1C[C@H]1[C@]4(C)[C@@H]1C[C@@]4(O)C5=C(C6=C(C)C(=O)O[C@]6(O)C(=O)[C@@]5(C)[C@@H]5C[C@@H]54)[C@]31OC2=O. The van der Waals surface area contributed by atoms with Gasteiger partial charge in [0.05, 0.1) is 23.0 Å². The third-order valence-electron chi connectivity index (χ3n) is 15.7. The van der Waals surface area contributed by atoms with Gasteiger partial charge in [0.2, 0.25) is 11.9 Å². The number of esters is 6. The highest BCUT2D eigenvalue weighted by atomic mass is 16.7. The van der Waals surface area contributed by atoms with Gasteiger partial charge in [-0.3, -0.25) is 14.4 Å². The van der Waals surface area contributed by atoms with Gasteiger partial charge in [-0.05, 0) is 92.8 Å². The van der Waals surface area contributed by atoms with Gasteiger partial charge < -0.3 is 43.7 Å². The van der Waals surface area contributed by atoms with Crippen molar-refractivity contribution in [1.29, 1.82) is 0 Å². The van der Waals surface area contributed by atoms with Crippen LogP contribution in [0.25, 0.3) is 0 Å². The number of fused-ring (bicyclic) bond motifs is 9. The summed E-state index contributed by atoms with van der Waals surface area (Å²) in [5.74, 6) is -12.1. The fourth-order valence-electron chi connectivity index (χ4n) is 13.2. The Balaban J connectivity index is 1.19. The number of ether oxygens (including phenoxy) is 6. The lowest BCUT2D eigenvalue weighted by atomic mass is 9.42. The van der Waals surface area contributed by atoms with Crippen LogP contribution in [0.15, 0.2) is 45.1 Å². The van der Waals surface area contributed by atoms with Crippen molar-refractivity contribution in [3.05, 3.63) is 45.1 Å². The van der Waals surface area contributed by atoms with Crippen LogP contribution in [0, 0.1) is 46.3 Å². The monoisotopic (exact) mass is 790 g/mol. The summed E-state index contributed by atoms with van der Waals surface area (Å²) >= 11 is 0. The third kappa shape index (κ3) is 4.16. The van der Waals surface area contributed by atoms with Gasteiger partial charge in [-0.2, -0.15) is 0 Å². The molecule has 16 heteroatoms. The van der Waals surface area contributed by atoms with Crippen molar-refractivity contribution in [1.82, 2.24) is 0 Å². The Morgan fingerprint density at radius 3 is 2.26 bits per heavy atom. The van der Waals surface area contributed by atoms with E-state index in [9.17, 15) is 48.9 Å². The van der Waals surface area contributed by atoms with Crippen molar-refractivity contribution in [2.75, 3.05) is 19.8 Å². The zero-order valence-corrected chi connectivity index (χ0v) is 31.9. The predicted octanol–water partition coefficient (Wildman–Crippen LogP) is 0.745. The van der Waals surface area contributed by atoms with Gasteiger partial charge in [0, 0.05) is 41.1 Å². The van der Waals surface area contributed by atoms with Crippen LogP contribution in [0.5, 0.6) is 0 Å². The number of Topliss-reactive ketones (excluding diaryl/α,β-unsaturated/α-hetero) is 1. The summed E-state index contributed by atoms with van der Waals surface area (Å²) < 4.78 is 33.8. The molecule has 0 saturated heterocycles. The van der Waals surface area contributed by atoms with Crippen molar-refractivity contribution >= 4 is 41.6 Å². The molecule has 3 N–H and O–H groups in total. The van der Waals surface area contributed by atoms with E-state index in [0.29, 0.717) is 12.8 Å². The molecule has 57 heavy (non-hydrogen) atoms. The minimum Gasteiger partial charge on any atom is -0.460 e. The molecule has 0 aromatic carbocycles. The van der Waals surface area contributed by atoms with Crippen LogP contribution in [0.2, 0.25) is 0 Å². The highest BCUT2D eigenvalue weighted by Gasteiger charge is 2.88. The first-order valence-electron chi connectivity index (χ1n) is 19.4. The summed E-state index contributed by atoms with van der Waals surface area (Å²) in [6, 6.07) is 0. The standard InChI is InChI=1S/C41H42O16/c1-15-6-7-52-34(47)24(55-17(3)42)11-27(43)53-13-18-19-10-25-36(4,20-8-23(20)39(25,50)14-54-31(15)44)26-12-38(49)22-9-21(22)37(5)30(38)29(40(19,26)56-33(18)46)28-16(2)32(45)57-41(28,51)35(37)48/h6,20-26,49-51H,7-14H2,1-5H3/t20-,21-,22+,23+,24+,25-,26+,36+,37+,38+,39+,40+,41+/m1/s1. The molecule has 13 atom stereocenters. The number of carbonyl (C=O) groups is 7. The van der Waals surface area contributed by atoms with Crippen LogP contribution in [-0.2, 0) is 62.0 Å². The van der Waals surface area contributed by atoms with E-state index in [2.05, 4.69) is 0 Å². The average Bonchev–Trinajstić information content (AvgIpc) is 4.05. The Kier molecular flexibility index (Phi) is 7.00. The van der Waals surface area contributed by atoms with Crippen LogP contribution >= 0.6 is 0 Å². The first kappa shape index (κ1) is 36.7. The van der Waals surface area contributed by atoms with E-state index in [1.54, 1.807) is 6.92 Å². The molecule has 3 aliphatic heterocycles. The van der Waals surface area contributed by atoms with Crippen molar-refractivity contribution in [2.24, 2.45) is 46.3 Å². The maximum absolute atomic E-state index is 14.6. The van der Waals surface area contributed by atoms with Crippen LogP contribution in [0.1, 0.15) is 66.7 Å². The van der Waals surface area contributed by atoms with E-state index in [0.717, 1.165) is 6.92 Å². The van der Waals surface area contributed by atoms with E-state index in [4.69, 9.17) is 28.4 Å². The lowest BCUT2D eigenvalue weighted by Gasteiger charge is -2.63. The van der Waals surface area contributed by atoms with E-state index in [1.165, 1.54) is 19.9 Å². The molecule has 3 heterocycles. The predicted molar refractivity (Wildman–Crippen MR) is 184 cm³/mol. The Labute approximate surface area is 325 Å². The summed E-state index contributed by atoms with van der Waals surface area (Å²) in [6.07, 6.45) is -0.309. The molecule has 0 aromatic rings. The fraction of sp³-hybridized carbons (Fsp3) is 0.634. The Morgan fingerprint density at radius 1 is 0.825 bits per heavy atom. The van der Waals surface area contributed by atoms with Gasteiger partial charge in [-0.15, -0.1) is 0 Å². The number of carbonyl (C=O) groups excluding carboxylic acids is 7. The Morgan fingerprint density at radius 2 is 1.54 bits per heavy atom. The molecule has 16 nitrogen and oxygen atoms in total. The topological polar surface area (TPSA) is 236 Å². The average molecular weight is 791 g/mol. The van der Waals surface area contributed by atoms with Crippen molar-refractivity contribution in [3.8, 4) is 0 Å². The highest BCUT2D eigenvalue weighted by Crippen LogP contribution is 2.84. The van der Waals surface area contributed by atoms with E-state index < -0.39 is 131 Å². The summed E-state index contributed by atoms with van der Waals surface area (Å²) in [5, 5.41) is 38.2. The van der Waals surface area contributed by atoms with Gasteiger partial charge in [-0.1, -0.05) is 6.92 Å².